The van der Waals surface area contributed by atoms with E-state index in [4.69, 9.17) is 4.74 Å². The van der Waals surface area contributed by atoms with Crippen LogP contribution in [0.25, 0.3) is 0 Å². The summed E-state index contributed by atoms with van der Waals surface area (Å²) in [6.07, 6.45) is 2.01. The number of ether oxygens (including phenoxy) is 1. The monoisotopic (exact) mass is 223 g/mol. The lowest BCUT2D eigenvalue weighted by Gasteiger charge is -2.26. The summed E-state index contributed by atoms with van der Waals surface area (Å²) in [5.74, 6) is -0.0176. The Balaban J connectivity index is 1.98. The van der Waals surface area contributed by atoms with Crippen molar-refractivity contribution in [3.63, 3.8) is 0 Å². The van der Waals surface area contributed by atoms with Crippen molar-refractivity contribution >= 4 is 17.7 Å². The van der Waals surface area contributed by atoms with Crippen LogP contribution in [-0.2, 0) is 4.74 Å². The predicted octanol–water partition coefficient (Wildman–Crippen LogP) is 1.54. The minimum Gasteiger partial charge on any atom is -0.377 e. The Morgan fingerprint density at radius 1 is 1.40 bits per heavy atom. The Kier molecular flexibility index (Phi) is 3.28. The van der Waals surface area contributed by atoms with E-state index >= 15 is 0 Å². The van der Waals surface area contributed by atoms with Gasteiger partial charge in [-0.25, -0.2) is 0 Å². The van der Waals surface area contributed by atoms with Crippen LogP contribution in [0.3, 0.4) is 0 Å². The van der Waals surface area contributed by atoms with Gasteiger partial charge in [-0.2, -0.15) is 0 Å². The second-order valence-corrected chi connectivity index (χ2v) is 4.32. The summed E-state index contributed by atoms with van der Waals surface area (Å²) in [7, 11) is 0. The van der Waals surface area contributed by atoms with Crippen LogP contribution in [0.4, 0.5) is 0 Å². The molecule has 1 heterocycles. The molecular formula is C11H13NO2S. The van der Waals surface area contributed by atoms with Crippen LogP contribution >= 0.6 is 11.8 Å². The van der Waals surface area contributed by atoms with Gasteiger partial charge in [0.05, 0.1) is 19.3 Å². The van der Waals surface area contributed by atoms with Crippen molar-refractivity contribution in [3.05, 3.63) is 29.8 Å². The molecule has 4 heteroatoms. The molecule has 0 unspecified atom stereocenters. The van der Waals surface area contributed by atoms with Gasteiger partial charge in [0.1, 0.15) is 0 Å². The highest BCUT2D eigenvalue weighted by Crippen LogP contribution is 2.15. The molecule has 1 aromatic rings. The summed E-state index contributed by atoms with van der Waals surface area (Å²) >= 11 is 1.67. The predicted molar refractivity (Wildman–Crippen MR) is 60.3 cm³/mol. The van der Waals surface area contributed by atoms with Gasteiger partial charge in [0, 0.05) is 10.5 Å². The average Bonchev–Trinajstić information content (AvgIpc) is 2.23. The molecule has 1 aliphatic heterocycles. The maximum Gasteiger partial charge on any atom is 0.251 e. The fourth-order valence-corrected chi connectivity index (χ4v) is 1.74. The van der Waals surface area contributed by atoms with Gasteiger partial charge in [0.2, 0.25) is 0 Å². The van der Waals surface area contributed by atoms with Crippen molar-refractivity contribution in [2.45, 2.75) is 10.9 Å². The zero-order chi connectivity index (χ0) is 10.7. The van der Waals surface area contributed by atoms with E-state index in [2.05, 4.69) is 5.32 Å². The highest BCUT2D eigenvalue weighted by Gasteiger charge is 2.20. The maximum atomic E-state index is 11.7. The molecule has 0 saturated carbocycles. The smallest absolute Gasteiger partial charge is 0.251 e. The summed E-state index contributed by atoms with van der Waals surface area (Å²) in [6.45, 7) is 1.27. The third kappa shape index (κ3) is 2.52. The van der Waals surface area contributed by atoms with E-state index in [1.54, 1.807) is 11.8 Å². The summed E-state index contributed by atoms with van der Waals surface area (Å²) in [4.78, 5) is 12.8. The molecule has 1 aromatic carbocycles. The molecule has 0 bridgehead atoms. The number of nitrogens with one attached hydrogen (secondary N) is 1. The normalized spacial score (nSPS) is 15.8. The van der Waals surface area contributed by atoms with E-state index in [1.807, 2.05) is 30.5 Å². The average molecular weight is 223 g/mol. The van der Waals surface area contributed by atoms with E-state index in [1.165, 1.54) is 4.90 Å². The highest BCUT2D eigenvalue weighted by molar-refractivity contribution is 7.98. The SMILES string of the molecule is CSc1ccc(C(=O)NC2COC2)cc1. The lowest BCUT2D eigenvalue weighted by atomic mass is 10.2. The fourth-order valence-electron chi connectivity index (χ4n) is 1.33. The van der Waals surface area contributed by atoms with Crippen molar-refractivity contribution < 1.29 is 9.53 Å². The first-order valence-electron chi connectivity index (χ1n) is 4.82. The van der Waals surface area contributed by atoms with Crippen molar-refractivity contribution in [2.24, 2.45) is 0 Å². The van der Waals surface area contributed by atoms with Crippen molar-refractivity contribution in [1.29, 1.82) is 0 Å². The number of thioether (sulfide) groups is 1. The Hall–Kier alpha value is -1.00. The van der Waals surface area contributed by atoms with Crippen molar-refractivity contribution in [1.82, 2.24) is 5.32 Å². The summed E-state index contributed by atoms with van der Waals surface area (Å²) < 4.78 is 4.99. The van der Waals surface area contributed by atoms with Gasteiger partial charge in [-0.15, -0.1) is 11.8 Å². The first kappa shape index (κ1) is 10.5. The van der Waals surface area contributed by atoms with Gasteiger partial charge in [0.15, 0.2) is 0 Å². The van der Waals surface area contributed by atoms with E-state index in [0.29, 0.717) is 18.8 Å². The van der Waals surface area contributed by atoms with Gasteiger partial charge >= 0.3 is 0 Å². The van der Waals surface area contributed by atoms with E-state index in [0.717, 1.165) is 0 Å². The van der Waals surface area contributed by atoms with Crippen LogP contribution < -0.4 is 5.32 Å². The number of hydrogen-bond acceptors (Lipinski definition) is 3. The Labute approximate surface area is 93.2 Å². The molecule has 15 heavy (non-hydrogen) atoms. The molecule has 0 atom stereocenters. The lowest BCUT2D eigenvalue weighted by molar-refractivity contribution is -0.00346. The zero-order valence-electron chi connectivity index (χ0n) is 8.53. The first-order valence-corrected chi connectivity index (χ1v) is 6.05. The number of rotatable bonds is 3. The minimum atomic E-state index is -0.0176. The Morgan fingerprint density at radius 3 is 2.53 bits per heavy atom. The van der Waals surface area contributed by atoms with Gasteiger partial charge in [0.25, 0.3) is 5.91 Å². The molecule has 1 aliphatic rings. The number of hydrogen-bond donors (Lipinski definition) is 1. The fraction of sp³-hybridized carbons (Fsp3) is 0.364. The van der Waals surface area contributed by atoms with Crippen LogP contribution in [0.5, 0.6) is 0 Å². The van der Waals surface area contributed by atoms with E-state index in [9.17, 15) is 4.79 Å². The Bertz CT molecular complexity index is 346. The molecule has 1 N–H and O–H groups in total. The van der Waals surface area contributed by atoms with Crippen LogP contribution in [0.15, 0.2) is 29.2 Å². The summed E-state index contributed by atoms with van der Waals surface area (Å²) in [6, 6.07) is 7.80. The van der Waals surface area contributed by atoms with Crippen LogP contribution in [0.2, 0.25) is 0 Å². The van der Waals surface area contributed by atoms with E-state index < -0.39 is 0 Å². The van der Waals surface area contributed by atoms with Crippen LogP contribution in [-0.4, -0.2) is 31.4 Å². The molecule has 3 nitrogen and oxygen atoms in total. The molecule has 1 amide bonds. The van der Waals surface area contributed by atoms with Crippen LogP contribution in [0.1, 0.15) is 10.4 Å². The van der Waals surface area contributed by atoms with Crippen molar-refractivity contribution in [2.75, 3.05) is 19.5 Å². The van der Waals surface area contributed by atoms with Gasteiger partial charge in [-0.3, -0.25) is 4.79 Å². The number of carbonyl (C=O) groups excluding carboxylic acids is 1. The molecule has 2 rings (SSSR count). The van der Waals surface area contributed by atoms with Gasteiger partial charge in [-0.05, 0) is 30.5 Å². The molecule has 1 fully saturated rings. The molecule has 80 valence electrons. The quantitative estimate of drug-likeness (QED) is 0.790. The molecule has 0 aromatic heterocycles. The molecule has 0 radical (unpaired) electrons. The third-order valence-corrected chi connectivity index (χ3v) is 3.07. The number of carbonyl (C=O) groups is 1. The molecule has 1 saturated heterocycles. The highest BCUT2D eigenvalue weighted by atomic mass is 32.2. The lowest BCUT2D eigenvalue weighted by Crippen LogP contribution is -2.48. The third-order valence-electron chi connectivity index (χ3n) is 2.33. The topological polar surface area (TPSA) is 38.3 Å². The second-order valence-electron chi connectivity index (χ2n) is 3.44. The summed E-state index contributed by atoms with van der Waals surface area (Å²) in [5.41, 5.74) is 0.708. The van der Waals surface area contributed by atoms with E-state index in [-0.39, 0.29) is 11.9 Å². The molecule has 0 aliphatic carbocycles. The number of amides is 1. The number of benzene rings is 1. The Morgan fingerprint density at radius 2 is 2.07 bits per heavy atom. The second kappa shape index (κ2) is 4.68. The summed E-state index contributed by atoms with van der Waals surface area (Å²) in [5, 5.41) is 2.90. The largest absolute Gasteiger partial charge is 0.377 e. The van der Waals surface area contributed by atoms with Crippen molar-refractivity contribution in [3.8, 4) is 0 Å². The van der Waals surface area contributed by atoms with Gasteiger partial charge in [-0.1, -0.05) is 0 Å². The molecule has 0 spiro atoms. The maximum absolute atomic E-state index is 11.7. The van der Waals surface area contributed by atoms with Crippen LogP contribution in [0, 0.1) is 0 Å². The minimum absolute atomic E-state index is 0.0176. The standard InChI is InChI=1S/C11H13NO2S/c1-15-10-4-2-8(3-5-10)11(13)12-9-6-14-7-9/h2-5,9H,6-7H2,1H3,(H,12,13). The zero-order valence-corrected chi connectivity index (χ0v) is 9.34. The molecular weight excluding hydrogens is 210 g/mol. The van der Waals surface area contributed by atoms with Gasteiger partial charge < -0.3 is 10.1 Å². The first-order chi connectivity index (χ1) is 7.29.